The molecule has 3 heteroatoms. The molecule has 3 atom stereocenters. The van der Waals surface area contributed by atoms with E-state index in [-0.39, 0.29) is 0 Å². The van der Waals surface area contributed by atoms with Crippen molar-refractivity contribution in [2.75, 3.05) is 26.2 Å². The third-order valence-corrected chi connectivity index (χ3v) is 6.28. The van der Waals surface area contributed by atoms with Gasteiger partial charge in [-0.05, 0) is 49.6 Å². The Morgan fingerprint density at radius 1 is 1.30 bits per heavy atom. The predicted octanol–water partition coefficient (Wildman–Crippen LogP) is 3.91. The normalized spacial score (nSPS) is 29.1. The van der Waals surface area contributed by atoms with Crippen molar-refractivity contribution < 1.29 is 0 Å². The van der Waals surface area contributed by atoms with Crippen LogP contribution >= 0.6 is 11.3 Å². The van der Waals surface area contributed by atoms with E-state index < -0.39 is 0 Å². The number of fused-ring (bicyclic) bond motifs is 1. The molecular formula is C17H28N2S. The SMILES string of the molecule is CC(NCCN1CCC2CCCCC2C1)c1cccs1. The monoisotopic (exact) mass is 292 g/mol. The van der Waals surface area contributed by atoms with E-state index in [2.05, 4.69) is 34.7 Å². The Kier molecular flexibility index (Phi) is 5.14. The number of hydrogen-bond donors (Lipinski definition) is 1. The van der Waals surface area contributed by atoms with Crippen molar-refractivity contribution in [3.05, 3.63) is 22.4 Å². The summed E-state index contributed by atoms with van der Waals surface area (Å²) in [5.74, 6) is 2.06. The van der Waals surface area contributed by atoms with Crippen LogP contribution in [0.4, 0.5) is 0 Å². The molecule has 1 aromatic heterocycles. The second-order valence-electron chi connectivity index (χ2n) is 6.59. The quantitative estimate of drug-likeness (QED) is 0.885. The van der Waals surface area contributed by atoms with Gasteiger partial charge in [-0.15, -0.1) is 11.3 Å². The molecule has 1 saturated carbocycles. The van der Waals surface area contributed by atoms with Crippen LogP contribution in [0.1, 0.15) is 49.9 Å². The van der Waals surface area contributed by atoms with Gasteiger partial charge in [0.15, 0.2) is 0 Å². The predicted molar refractivity (Wildman–Crippen MR) is 87.2 cm³/mol. The Labute approximate surface area is 127 Å². The molecule has 0 radical (unpaired) electrons. The maximum absolute atomic E-state index is 3.67. The van der Waals surface area contributed by atoms with E-state index in [1.807, 2.05) is 11.3 Å². The number of nitrogens with one attached hydrogen (secondary N) is 1. The number of rotatable bonds is 5. The van der Waals surface area contributed by atoms with Crippen molar-refractivity contribution in [3.63, 3.8) is 0 Å². The zero-order chi connectivity index (χ0) is 13.8. The van der Waals surface area contributed by atoms with E-state index in [1.165, 1.54) is 56.6 Å². The zero-order valence-electron chi connectivity index (χ0n) is 12.7. The number of nitrogens with zero attached hydrogens (tertiary/aromatic N) is 1. The maximum atomic E-state index is 3.67. The summed E-state index contributed by atoms with van der Waals surface area (Å²) in [6.45, 7) is 7.31. The fourth-order valence-corrected chi connectivity index (χ4v) is 4.72. The molecule has 2 nitrogen and oxygen atoms in total. The van der Waals surface area contributed by atoms with Gasteiger partial charge in [0.2, 0.25) is 0 Å². The van der Waals surface area contributed by atoms with Crippen LogP contribution in [0.5, 0.6) is 0 Å². The van der Waals surface area contributed by atoms with Crippen LogP contribution in [0, 0.1) is 11.8 Å². The van der Waals surface area contributed by atoms with Gasteiger partial charge in [0.1, 0.15) is 0 Å². The summed E-state index contributed by atoms with van der Waals surface area (Å²) in [5.41, 5.74) is 0. The van der Waals surface area contributed by atoms with E-state index in [0.717, 1.165) is 18.4 Å². The van der Waals surface area contributed by atoms with Crippen molar-refractivity contribution in [3.8, 4) is 0 Å². The maximum Gasteiger partial charge on any atom is 0.0386 e. The molecule has 1 saturated heterocycles. The average molecular weight is 292 g/mol. The largest absolute Gasteiger partial charge is 0.308 e. The van der Waals surface area contributed by atoms with Gasteiger partial charge in [0, 0.05) is 30.6 Å². The number of piperidine rings is 1. The van der Waals surface area contributed by atoms with Gasteiger partial charge < -0.3 is 10.2 Å². The van der Waals surface area contributed by atoms with E-state index in [4.69, 9.17) is 0 Å². The average Bonchev–Trinajstić information content (AvgIpc) is 3.01. The van der Waals surface area contributed by atoms with E-state index >= 15 is 0 Å². The number of thiophene rings is 1. The minimum Gasteiger partial charge on any atom is -0.308 e. The lowest BCUT2D eigenvalue weighted by atomic mass is 9.75. The molecule has 0 amide bonds. The first-order valence-corrected chi connectivity index (χ1v) is 9.20. The van der Waals surface area contributed by atoms with Crippen LogP contribution in [0.2, 0.25) is 0 Å². The Morgan fingerprint density at radius 2 is 2.15 bits per heavy atom. The molecule has 2 fully saturated rings. The summed E-state index contributed by atoms with van der Waals surface area (Å²) in [6.07, 6.45) is 7.40. The molecule has 1 aliphatic heterocycles. The highest BCUT2D eigenvalue weighted by atomic mass is 32.1. The highest BCUT2D eigenvalue weighted by Gasteiger charge is 2.30. The summed E-state index contributed by atoms with van der Waals surface area (Å²) in [5, 5.41) is 5.84. The Hall–Kier alpha value is -0.380. The molecule has 0 bridgehead atoms. The molecule has 2 heterocycles. The summed E-state index contributed by atoms with van der Waals surface area (Å²) in [7, 11) is 0. The second kappa shape index (κ2) is 7.06. The molecule has 1 aliphatic carbocycles. The van der Waals surface area contributed by atoms with Crippen molar-refractivity contribution in [1.82, 2.24) is 10.2 Å². The first-order valence-electron chi connectivity index (χ1n) is 8.32. The first kappa shape index (κ1) is 14.6. The summed E-state index contributed by atoms with van der Waals surface area (Å²) in [4.78, 5) is 4.15. The molecular weight excluding hydrogens is 264 g/mol. The van der Waals surface area contributed by atoms with Crippen LogP contribution in [0.25, 0.3) is 0 Å². The van der Waals surface area contributed by atoms with E-state index in [0.29, 0.717) is 6.04 Å². The summed E-state index contributed by atoms with van der Waals surface area (Å²) < 4.78 is 0. The van der Waals surface area contributed by atoms with Crippen LogP contribution < -0.4 is 5.32 Å². The first-order chi connectivity index (χ1) is 9.83. The Balaban J connectivity index is 1.38. The topological polar surface area (TPSA) is 15.3 Å². The molecule has 112 valence electrons. The fourth-order valence-electron chi connectivity index (χ4n) is 3.96. The third-order valence-electron chi connectivity index (χ3n) is 5.22. The second-order valence-corrected chi connectivity index (χ2v) is 7.56. The van der Waals surface area contributed by atoms with Gasteiger partial charge in [0.25, 0.3) is 0 Å². The zero-order valence-corrected chi connectivity index (χ0v) is 13.5. The van der Waals surface area contributed by atoms with Crippen molar-refractivity contribution in [2.24, 2.45) is 11.8 Å². The van der Waals surface area contributed by atoms with Crippen molar-refractivity contribution in [2.45, 2.75) is 45.1 Å². The minimum absolute atomic E-state index is 0.502. The van der Waals surface area contributed by atoms with E-state index in [1.54, 1.807) is 0 Å². The standard InChI is InChI=1S/C17H28N2S/c1-14(17-7-4-12-20-17)18-9-11-19-10-8-15-5-2-3-6-16(15)13-19/h4,7,12,14-16,18H,2-3,5-6,8-11,13H2,1H3. The van der Waals surface area contributed by atoms with Gasteiger partial charge >= 0.3 is 0 Å². The highest BCUT2D eigenvalue weighted by molar-refractivity contribution is 7.10. The molecule has 3 unspecified atom stereocenters. The van der Waals surface area contributed by atoms with Gasteiger partial charge in [-0.25, -0.2) is 0 Å². The fraction of sp³-hybridized carbons (Fsp3) is 0.765. The van der Waals surface area contributed by atoms with Gasteiger partial charge in [-0.1, -0.05) is 25.3 Å². The number of hydrogen-bond acceptors (Lipinski definition) is 3. The van der Waals surface area contributed by atoms with Crippen LogP contribution in [0.3, 0.4) is 0 Å². The molecule has 1 N–H and O–H groups in total. The molecule has 0 spiro atoms. The lowest BCUT2D eigenvalue weighted by Crippen LogP contribution is -2.44. The third kappa shape index (κ3) is 3.63. The summed E-state index contributed by atoms with van der Waals surface area (Å²) in [6, 6.07) is 4.88. The van der Waals surface area contributed by atoms with E-state index in [9.17, 15) is 0 Å². The lowest BCUT2D eigenvalue weighted by Gasteiger charge is -2.41. The molecule has 1 aromatic rings. The Morgan fingerprint density at radius 3 is 2.95 bits per heavy atom. The minimum atomic E-state index is 0.502. The Bertz CT molecular complexity index is 390. The molecule has 3 rings (SSSR count). The van der Waals surface area contributed by atoms with Crippen LogP contribution in [-0.4, -0.2) is 31.1 Å². The van der Waals surface area contributed by atoms with Gasteiger partial charge in [0.05, 0.1) is 0 Å². The highest BCUT2D eigenvalue weighted by Crippen LogP contribution is 2.35. The molecule has 2 aliphatic rings. The van der Waals surface area contributed by atoms with Gasteiger partial charge in [-0.3, -0.25) is 0 Å². The lowest BCUT2D eigenvalue weighted by molar-refractivity contribution is 0.0871. The van der Waals surface area contributed by atoms with Crippen LogP contribution in [0.15, 0.2) is 17.5 Å². The van der Waals surface area contributed by atoms with Crippen molar-refractivity contribution in [1.29, 1.82) is 0 Å². The van der Waals surface area contributed by atoms with Crippen LogP contribution in [-0.2, 0) is 0 Å². The molecule has 20 heavy (non-hydrogen) atoms. The smallest absolute Gasteiger partial charge is 0.0386 e. The molecule has 0 aromatic carbocycles. The van der Waals surface area contributed by atoms with Gasteiger partial charge in [-0.2, -0.15) is 0 Å². The summed E-state index contributed by atoms with van der Waals surface area (Å²) >= 11 is 1.86. The number of likely N-dealkylation sites (tertiary alicyclic amines) is 1. The van der Waals surface area contributed by atoms with Crippen molar-refractivity contribution >= 4 is 11.3 Å².